The summed E-state index contributed by atoms with van der Waals surface area (Å²) in [7, 11) is 0. The Morgan fingerprint density at radius 1 is 1.62 bits per heavy atom. The van der Waals surface area contributed by atoms with Gasteiger partial charge in [-0.3, -0.25) is 4.99 Å². The largest absolute Gasteiger partial charge is 0.362 e. The molecular formula is C10H18N2S. The highest BCUT2D eigenvalue weighted by Gasteiger charge is 2.46. The quantitative estimate of drug-likeness (QED) is 0.736. The van der Waals surface area contributed by atoms with Crippen molar-refractivity contribution < 1.29 is 0 Å². The van der Waals surface area contributed by atoms with Gasteiger partial charge < -0.3 is 5.32 Å². The zero-order valence-electron chi connectivity index (χ0n) is 8.63. The van der Waals surface area contributed by atoms with Crippen LogP contribution in [0.15, 0.2) is 4.99 Å². The summed E-state index contributed by atoms with van der Waals surface area (Å²) in [6.45, 7) is 7.86. The Kier molecular flexibility index (Phi) is 2.30. The van der Waals surface area contributed by atoms with Gasteiger partial charge in [0, 0.05) is 11.3 Å². The van der Waals surface area contributed by atoms with E-state index < -0.39 is 0 Å². The molecule has 2 unspecified atom stereocenters. The molecule has 2 rings (SSSR count). The zero-order valence-corrected chi connectivity index (χ0v) is 9.45. The van der Waals surface area contributed by atoms with Crippen LogP contribution in [0.5, 0.6) is 0 Å². The summed E-state index contributed by atoms with van der Waals surface area (Å²) in [5, 5.41) is 5.43. The first kappa shape index (κ1) is 9.38. The summed E-state index contributed by atoms with van der Waals surface area (Å²) in [5.74, 6) is 0. The summed E-state index contributed by atoms with van der Waals surface area (Å²) in [6.07, 6.45) is 2.52. The minimum Gasteiger partial charge on any atom is -0.362 e. The van der Waals surface area contributed by atoms with Crippen molar-refractivity contribution in [1.29, 1.82) is 0 Å². The van der Waals surface area contributed by atoms with Gasteiger partial charge in [-0.2, -0.15) is 0 Å². The van der Waals surface area contributed by atoms with Gasteiger partial charge in [0.05, 0.1) is 6.54 Å². The van der Waals surface area contributed by atoms with Crippen LogP contribution in [0, 0.1) is 5.41 Å². The van der Waals surface area contributed by atoms with Gasteiger partial charge >= 0.3 is 0 Å². The molecule has 1 heterocycles. The first-order valence-corrected chi connectivity index (χ1v) is 5.97. The number of hydrogen-bond acceptors (Lipinski definition) is 3. The van der Waals surface area contributed by atoms with Crippen LogP contribution in [0.3, 0.4) is 0 Å². The van der Waals surface area contributed by atoms with E-state index in [4.69, 9.17) is 0 Å². The summed E-state index contributed by atoms with van der Waals surface area (Å²) in [5.41, 5.74) is 0.507. The Hall–Kier alpha value is -0.180. The Morgan fingerprint density at radius 3 is 2.77 bits per heavy atom. The molecule has 1 aliphatic heterocycles. The van der Waals surface area contributed by atoms with E-state index in [9.17, 15) is 0 Å². The topological polar surface area (TPSA) is 24.4 Å². The second-order valence-electron chi connectivity index (χ2n) is 4.68. The second kappa shape index (κ2) is 3.19. The van der Waals surface area contributed by atoms with Gasteiger partial charge in [0.2, 0.25) is 0 Å². The van der Waals surface area contributed by atoms with Crippen molar-refractivity contribution in [2.45, 2.75) is 44.9 Å². The highest BCUT2D eigenvalue weighted by Crippen LogP contribution is 2.45. The molecule has 74 valence electrons. The molecule has 2 nitrogen and oxygen atoms in total. The number of rotatable bonds is 2. The maximum absolute atomic E-state index is 4.50. The van der Waals surface area contributed by atoms with Crippen molar-refractivity contribution in [1.82, 2.24) is 5.32 Å². The molecule has 1 N–H and O–H groups in total. The van der Waals surface area contributed by atoms with E-state index in [0.717, 1.165) is 11.8 Å². The Balaban J connectivity index is 1.79. The smallest absolute Gasteiger partial charge is 0.157 e. The van der Waals surface area contributed by atoms with Crippen LogP contribution in [0.2, 0.25) is 0 Å². The second-order valence-corrected chi connectivity index (χ2v) is 5.97. The van der Waals surface area contributed by atoms with Gasteiger partial charge in [0.1, 0.15) is 0 Å². The molecule has 0 aromatic carbocycles. The molecule has 0 bridgehead atoms. The summed E-state index contributed by atoms with van der Waals surface area (Å²) in [6, 6.07) is 0.675. The normalized spacial score (nSPS) is 35.8. The molecule has 0 radical (unpaired) electrons. The van der Waals surface area contributed by atoms with E-state index in [2.05, 4.69) is 31.1 Å². The van der Waals surface area contributed by atoms with Gasteiger partial charge in [-0.1, -0.05) is 32.5 Å². The molecule has 2 aliphatic rings. The molecule has 0 amide bonds. The molecule has 0 aromatic rings. The molecule has 1 fully saturated rings. The van der Waals surface area contributed by atoms with Crippen LogP contribution in [-0.2, 0) is 0 Å². The van der Waals surface area contributed by atoms with Crippen LogP contribution in [0.4, 0.5) is 0 Å². The highest BCUT2D eigenvalue weighted by molar-refractivity contribution is 8.14. The first-order chi connectivity index (χ1) is 6.12. The molecule has 1 aliphatic carbocycles. The fourth-order valence-electron chi connectivity index (χ4n) is 1.57. The van der Waals surface area contributed by atoms with E-state index in [1.165, 1.54) is 18.0 Å². The molecule has 0 saturated heterocycles. The number of aliphatic imine (C=N–C) groups is 1. The summed E-state index contributed by atoms with van der Waals surface area (Å²) in [4.78, 5) is 4.50. The van der Waals surface area contributed by atoms with E-state index in [1.807, 2.05) is 11.8 Å². The third kappa shape index (κ3) is 2.01. The number of hydrogen-bond donors (Lipinski definition) is 1. The van der Waals surface area contributed by atoms with Crippen molar-refractivity contribution in [3.05, 3.63) is 0 Å². The minimum atomic E-state index is 0.507. The molecule has 2 atom stereocenters. The van der Waals surface area contributed by atoms with Gasteiger partial charge in [-0.15, -0.1) is 0 Å². The Morgan fingerprint density at radius 2 is 2.31 bits per heavy atom. The van der Waals surface area contributed by atoms with Gasteiger partial charge in [0.15, 0.2) is 5.17 Å². The SMILES string of the molecule is CCC1CN=C(NC2CC2(C)C)S1. The van der Waals surface area contributed by atoms with Crippen LogP contribution >= 0.6 is 11.8 Å². The molecule has 0 spiro atoms. The standard InChI is InChI=1S/C10H18N2S/c1-4-7-6-11-9(13-7)12-8-5-10(8,2)3/h7-8H,4-6H2,1-3H3,(H,11,12). The summed E-state index contributed by atoms with van der Waals surface area (Å²) < 4.78 is 0. The lowest BCUT2D eigenvalue weighted by Gasteiger charge is -2.08. The van der Waals surface area contributed by atoms with E-state index in [0.29, 0.717) is 11.5 Å². The average molecular weight is 198 g/mol. The molecular weight excluding hydrogens is 180 g/mol. The molecule has 0 aromatic heterocycles. The summed E-state index contributed by atoms with van der Waals surface area (Å²) >= 11 is 1.92. The van der Waals surface area contributed by atoms with E-state index in [-0.39, 0.29) is 0 Å². The van der Waals surface area contributed by atoms with Crippen LogP contribution in [0.1, 0.15) is 33.6 Å². The number of nitrogens with zero attached hydrogens (tertiary/aromatic N) is 1. The predicted octanol–water partition coefficient (Wildman–Crippen LogP) is 2.26. The third-order valence-electron chi connectivity index (χ3n) is 2.98. The van der Waals surface area contributed by atoms with Crippen molar-refractivity contribution in [2.75, 3.05) is 6.54 Å². The Bertz CT molecular complexity index is 235. The van der Waals surface area contributed by atoms with Crippen molar-refractivity contribution in [3.63, 3.8) is 0 Å². The fourth-order valence-corrected chi connectivity index (χ4v) is 2.56. The fraction of sp³-hybridized carbons (Fsp3) is 0.900. The highest BCUT2D eigenvalue weighted by atomic mass is 32.2. The average Bonchev–Trinajstić information content (AvgIpc) is 2.48. The third-order valence-corrected chi connectivity index (χ3v) is 4.27. The lowest BCUT2D eigenvalue weighted by atomic mass is 10.2. The van der Waals surface area contributed by atoms with Gasteiger partial charge in [0.25, 0.3) is 0 Å². The first-order valence-electron chi connectivity index (χ1n) is 5.09. The van der Waals surface area contributed by atoms with Crippen LogP contribution in [-0.4, -0.2) is 23.0 Å². The van der Waals surface area contributed by atoms with Crippen molar-refractivity contribution in [2.24, 2.45) is 10.4 Å². The molecule has 3 heteroatoms. The maximum Gasteiger partial charge on any atom is 0.157 e. The Labute approximate surface area is 84.6 Å². The van der Waals surface area contributed by atoms with E-state index in [1.54, 1.807) is 0 Å². The van der Waals surface area contributed by atoms with Crippen molar-refractivity contribution >= 4 is 16.9 Å². The zero-order chi connectivity index (χ0) is 9.47. The monoisotopic (exact) mass is 198 g/mol. The maximum atomic E-state index is 4.50. The lowest BCUT2D eigenvalue weighted by molar-refractivity contribution is 0.596. The number of thioether (sulfide) groups is 1. The predicted molar refractivity (Wildman–Crippen MR) is 59.3 cm³/mol. The minimum absolute atomic E-state index is 0.507. The van der Waals surface area contributed by atoms with Crippen molar-refractivity contribution in [3.8, 4) is 0 Å². The lowest BCUT2D eigenvalue weighted by Crippen LogP contribution is -2.25. The van der Waals surface area contributed by atoms with Gasteiger partial charge in [-0.25, -0.2) is 0 Å². The molecule has 1 saturated carbocycles. The number of amidine groups is 1. The number of nitrogens with one attached hydrogen (secondary N) is 1. The molecule has 13 heavy (non-hydrogen) atoms. The van der Waals surface area contributed by atoms with Crippen LogP contribution < -0.4 is 5.32 Å². The van der Waals surface area contributed by atoms with Crippen LogP contribution in [0.25, 0.3) is 0 Å². The van der Waals surface area contributed by atoms with Gasteiger partial charge in [-0.05, 0) is 18.3 Å². The van der Waals surface area contributed by atoms with E-state index >= 15 is 0 Å².